The monoisotopic (exact) mass is 294 g/mol. The molecular formula is C17H30N2O2. The molecule has 4 heteroatoms. The number of amides is 2. The van der Waals surface area contributed by atoms with Gasteiger partial charge in [0, 0.05) is 6.04 Å². The van der Waals surface area contributed by atoms with Gasteiger partial charge in [-0.2, -0.15) is 0 Å². The number of carbonyl (C=O) groups is 2. The van der Waals surface area contributed by atoms with E-state index in [4.69, 9.17) is 0 Å². The third-order valence-electron chi connectivity index (χ3n) is 5.15. The van der Waals surface area contributed by atoms with Crippen molar-refractivity contribution in [1.82, 2.24) is 10.2 Å². The molecule has 0 spiro atoms. The number of rotatable bonds is 2. The number of hydrogen-bond acceptors (Lipinski definition) is 2. The van der Waals surface area contributed by atoms with E-state index < -0.39 is 5.54 Å². The second-order valence-electron chi connectivity index (χ2n) is 7.98. The maximum absolute atomic E-state index is 12.9. The second kappa shape index (κ2) is 5.62. The Morgan fingerprint density at radius 2 is 1.81 bits per heavy atom. The smallest absolute Gasteiger partial charge is 0.248 e. The molecule has 1 aliphatic heterocycles. The van der Waals surface area contributed by atoms with Crippen LogP contribution >= 0.6 is 0 Å². The standard InChI is InChI=1S/C17H30N2O2/c1-10(2)14-15(20)18-17(5,6)16(21)19(14)13-8-7-11(3)9-12(13)4/h10-14H,7-9H2,1-6H3,(H,18,20). The van der Waals surface area contributed by atoms with Gasteiger partial charge in [0.15, 0.2) is 0 Å². The number of hydrogen-bond donors (Lipinski definition) is 1. The molecule has 0 aromatic heterocycles. The van der Waals surface area contributed by atoms with E-state index in [0.29, 0.717) is 5.92 Å². The van der Waals surface area contributed by atoms with Gasteiger partial charge < -0.3 is 10.2 Å². The molecule has 1 aliphatic carbocycles. The van der Waals surface area contributed by atoms with Crippen LogP contribution in [0.15, 0.2) is 0 Å². The summed E-state index contributed by atoms with van der Waals surface area (Å²) in [6, 6.07) is -0.127. The third-order valence-corrected chi connectivity index (χ3v) is 5.15. The molecule has 1 heterocycles. The Balaban J connectivity index is 2.34. The van der Waals surface area contributed by atoms with Crippen molar-refractivity contribution in [1.29, 1.82) is 0 Å². The van der Waals surface area contributed by atoms with E-state index in [1.165, 1.54) is 0 Å². The Bertz CT molecular complexity index is 431. The lowest BCUT2D eigenvalue weighted by Gasteiger charge is -2.51. The van der Waals surface area contributed by atoms with Crippen molar-refractivity contribution in [3.8, 4) is 0 Å². The van der Waals surface area contributed by atoms with Gasteiger partial charge in [-0.25, -0.2) is 0 Å². The lowest BCUT2D eigenvalue weighted by molar-refractivity contribution is -0.161. The fourth-order valence-corrected chi connectivity index (χ4v) is 4.05. The molecule has 0 radical (unpaired) electrons. The number of piperazine rings is 1. The van der Waals surface area contributed by atoms with Gasteiger partial charge in [-0.05, 0) is 50.9 Å². The van der Waals surface area contributed by atoms with E-state index in [2.05, 4.69) is 19.2 Å². The Kier molecular flexibility index (Phi) is 4.36. The molecule has 0 bridgehead atoms. The fraction of sp³-hybridized carbons (Fsp3) is 0.882. The van der Waals surface area contributed by atoms with Crippen LogP contribution in [0.25, 0.3) is 0 Å². The highest BCUT2D eigenvalue weighted by Gasteiger charge is 2.50. The maximum Gasteiger partial charge on any atom is 0.248 e. The first kappa shape index (κ1) is 16.3. The zero-order valence-electron chi connectivity index (χ0n) is 14.3. The lowest BCUT2D eigenvalue weighted by Crippen LogP contribution is -2.72. The van der Waals surface area contributed by atoms with E-state index >= 15 is 0 Å². The zero-order chi connectivity index (χ0) is 15.9. The Morgan fingerprint density at radius 1 is 1.19 bits per heavy atom. The Labute approximate surface area is 128 Å². The Morgan fingerprint density at radius 3 is 2.33 bits per heavy atom. The van der Waals surface area contributed by atoms with E-state index in [0.717, 1.165) is 25.2 Å². The van der Waals surface area contributed by atoms with Crippen LogP contribution in [0.4, 0.5) is 0 Å². The minimum Gasteiger partial charge on any atom is -0.340 e. The minimum atomic E-state index is -0.786. The summed E-state index contributed by atoms with van der Waals surface area (Å²) in [4.78, 5) is 27.4. The molecule has 4 atom stereocenters. The fourth-order valence-electron chi connectivity index (χ4n) is 4.05. The molecular weight excluding hydrogens is 264 g/mol. The molecule has 120 valence electrons. The quantitative estimate of drug-likeness (QED) is 0.851. The predicted octanol–water partition coefficient (Wildman–Crippen LogP) is 2.57. The summed E-state index contributed by atoms with van der Waals surface area (Å²) in [5, 5.41) is 2.90. The first-order chi connectivity index (χ1) is 9.65. The second-order valence-corrected chi connectivity index (χ2v) is 7.98. The predicted molar refractivity (Wildman–Crippen MR) is 83.7 cm³/mol. The molecule has 1 saturated carbocycles. The molecule has 2 fully saturated rings. The van der Waals surface area contributed by atoms with Gasteiger partial charge in [-0.1, -0.05) is 27.7 Å². The molecule has 4 unspecified atom stereocenters. The normalized spacial score (nSPS) is 36.8. The van der Waals surface area contributed by atoms with Crippen molar-refractivity contribution >= 4 is 11.8 Å². The van der Waals surface area contributed by atoms with Crippen LogP contribution in [-0.2, 0) is 9.59 Å². The number of carbonyl (C=O) groups excluding carboxylic acids is 2. The largest absolute Gasteiger partial charge is 0.340 e. The van der Waals surface area contributed by atoms with Crippen LogP contribution in [0.1, 0.15) is 60.8 Å². The molecule has 21 heavy (non-hydrogen) atoms. The van der Waals surface area contributed by atoms with Gasteiger partial charge >= 0.3 is 0 Å². The lowest BCUT2D eigenvalue weighted by atomic mass is 9.77. The summed E-state index contributed by atoms with van der Waals surface area (Å²) in [7, 11) is 0. The molecule has 2 aliphatic rings. The van der Waals surface area contributed by atoms with E-state index in [-0.39, 0.29) is 29.8 Å². The third kappa shape index (κ3) is 2.95. The molecule has 0 aromatic carbocycles. The maximum atomic E-state index is 12.9. The van der Waals surface area contributed by atoms with Crippen LogP contribution in [0.3, 0.4) is 0 Å². The van der Waals surface area contributed by atoms with Crippen molar-refractivity contribution < 1.29 is 9.59 Å². The number of nitrogens with one attached hydrogen (secondary N) is 1. The molecule has 0 aromatic rings. The molecule has 1 saturated heterocycles. The zero-order valence-corrected chi connectivity index (χ0v) is 14.3. The topological polar surface area (TPSA) is 49.4 Å². The van der Waals surface area contributed by atoms with Crippen molar-refractivity contribution in [3.63, 3.8) is 0 Å². The highest BCUT2D eigenvalue weighted by Crippen LogP contribution is 2.36. The van der Waals surface area contributed by atoms with Crippen molar-refractivity contribution in [2.24, 2.45) is 17.8 Å². The van der Waals surface area contributed by atoms with Gasteiger partial charge in [0.25, 0.3) is 0 Å². The molecule has 2 rings (SSSR count). The van der Waals surface area contributed by atoms with Crippen molar-refractivity contribution in [2.75, 3.05) is 0 Å². The average Bonchev–Trinajstić information content (AvgIpc) is 2.33. The summed E-state index contributed by atoms with van der Waals surface area (Å²) in [5.41, 5.74) is -0.786. The molecule has 1 N–H and O–H groups in total. The van der Waals surface area contributed by atoms with Crippen molar-refractivity contribution in [3.05, 3.63) is 0 Å². The summed E-state index contributed by atoms with van der Waals surface area (Å²) in [6.07, 6.45) is 3.30. The van der Waals surface area contributed by atoms with Gasteiger partial charge in [0.2, 0.25) is 11.8 Å². The van der Waals surface area contributed by atoms with E-state index in [1.807, 2.05) is 32.6 Å². The van der Waals surface area contributed by atoms with E-state index in [1.54, 1.807) is 0 Å². The van der Waals surface area contributed by atoms with Crippen LogP contribution in [0.5, 0.6) is 0 Å². The molecule has 2 amide bonds. The highest BCUT2D eigenvalue weighted by molar-refractivity contribution is 5.99. The van der Waals surface area contributed by atoms with Crippen LogP contribution in [0.2, 0.25) is 0 Å². The van der Waals surface area contributed by atoms with Gasteiger partial charge in [-0.15, -0.1) is 0 Å². The summed E-state index contributed by atoms with van der Waals surface area (Å²) in [6.45, 7) is 12.2. The van der Waals surface area contributed by atoms with Crippen molar-refractivity contribution in [2.45, 2.75) is 78.4 Å². The first-order valence-electron chi connectivity index (χ1n) is 8.30. The summed E-state index contributed by atoms with van der Waals surface area (Å²) >= 11 is 0. The number of nitrogens with zero attached hydrogens (tertiary/aromatic N) is 1. The average molecular weight is 294 g/mol. The highest BCUT2D eigenvalue weighted by atomic mass is 16.2. The minimum absolute atomic E-state index is 0.000391. The SMILES string of the molecule is CC1CCC(N2C(=O)C(C)(C)NC(=O)C2C(C)C)C(C)C1. The Hall–Kier alpha value is -1.06. The van der Waals surface area contributed by atoms with Crippen LogP contribution < -0.4 is 5.32 Å². The summed E-state index contributed by atoms with van der Waals surface area (Å²) in [5.74, 6) is 1.39. The van der Waals surface area contributed by atoms with Gasteiger partial charge in [0.05, 0.1) is 0 Å². The van der Waals surface area contributed by atoms with Gasteiger partial charge in [0.1, 0.15) is 11.6 Å². The summed E-state index contributed by atoms with van der Waals surface area (Å²) < 4.78 is 0. The molecule has 4 nitrogen and oxygen atoms in total. The van der Waals surface area contributed by atoms with Crippen LogP contribution in [0, 0.1) is 17.8 Å². The first-order valence-corrected chi connectivity index (χ1v) is 8.30. The van der Waals surface area contributed by atoms with E-state index in [9.17, 15) is 9.59 Å². The van der Waals surface area contributed by atoms with Crippen LogP contribution in [-0.4, -0.2) is 34.3 Å². The van der Waals surface area contributed by atoms with Gasteiger partial charge in [-0.3, -0.25) is 9.59 Å².